The molecule has 29 nitrogen and oxygen atoms in total. The van der Waals surface area contributed by atoms with Crippen LogP contribution in [0.2, 0.25) is 0 Å². The molecular weight excluding hydrogens is 1560 g/mol. The highest BCUT2D eigenvalue weighted by Crippen LogP contribution is 2.28. The van der Waals surface area contributed by atoms with Gasteiger partial charge in [-0.3, -0.25) is 67.1 Å². The Labute approximate surface area is 712 Å². The molecule has 5 atom stereocenters. The number of carbonyl (C=O) groups excluding carboxylic acids is 12. The van der Waals surface area contributed by atoms with Gasteiger partial charge < -0.3 is 78.1 Å². The van der Waals surface area contributed by atoms with E-state index in [-0.39, 0.29) is 114 Å². The first-order valence-corrected chi connectivity index (χ1v) is 43.2. The molecule has 1 aliphatic carbocycles. The average Bonchev–Trinajstić information content (AvgIpc) is 0.836. The fraction of sp³-hybridized carbons (Fsp3) is 0.473. The van der Waals surface area contributed by atoms with Crippen molar-refractivity contribution in [1.82, 2.24) is 56.4 Å². The third-order valence-electron chi connectivity index (χ3n) is 21.3. The molecule has 6 aromatic rings. The summed E-state index contributed by atoms with van der Waals surface area (Å²) in [4.78, 5) is 202. The highest BCUT2D eigenvalue weighted by atomic mass is 32.2. The first-order chi connectivity index (χ1) is 58.2. The Kier molecular flexibility index (Phi) is 39.6. The molecule has 0 spiro atoms. The summed E-state index contributed by atoms with van der Waals surface area (Å²) in [6.45, 7) is 0.150. The first-order valence-electron chi connectivity index (χ1n) is 42.0. The monoisotopic (exact) mass is 1680 g/mol. The Hall–Kier alpha value is -11.5. The lowest BCUT2D eigenvalue weighted by molar-refractivity contribution is -0.142. The van der Waals surface area contributed by atoms with Gasteiger partial charge in [0, 0.05) is 107 Å². The minimum absolute atomic E-state index is 0.0163. The van der Waals surface area contributed by atoms with Gasteiger partial charge in [0.15, 0.2) is 0 Å². The minimum Gasteiger partial charge on any atom is -0.481 e. The van der Waals surface area contributed by atoms with Crippen molar-refractivity contribution in [3.8, 4) is 0 Å². The van der Waals surface area contributed by atoms with Gasteiger partial charge in [-0.05, 0) is 114 Å². The van der Waals surface area contributed by atoms with Gasteiger partial charge in [0.05, 0.1) is 63.7 Å². The zero-order valence-electron chi connectivity index (χ0n) is 69.5. The van der Waals surface area contributed by atoms with Crippen LogP contribution in [-0.2, 0) is 93.8 Å². The Morgan fingerprint density at radius 1 is 0.554 bits per heavy atom. The number of nitrogens with zero attached hydrogens (tertiary/aromatic N) is 5. The number of nitrogens with one attached hydrogen (secondary N) is 6. The summed E-state index contributed by atoms with van der Waals surface area (Å²) in [6, 6.07) is 43.7. The van der Waals surface area contributed by atoms with E-state index in [1.807, 2.05) is 147 Å². The highest BCUT2D eigenvalue weighted by Gasteiger charge is 2.33. The van der Waals surface area contributed by atoms with Gasteiger partial charge in [0.1, 0.15) is 0 Å². The zero-order chi connectivity index (χ0) is 87.0. The number of carbonyl (C=O) groups is 14. The highest BCUT2D eigenvalue weighted by molar-refractivity contribution is 7.98. The van der Waals surface area contributed by atoms with E-state index in [0.717, 1.165) is 70.0 Å². The van der Waals surface area contributed by atoms with Gasteiger partial charge in [0.2, 0.25) is 65.0 Å². The molecule has 12 amide bonds. The molecule has 650 valence electrons. The molecule has 9 rings (SSSR count). The van der Waals surface area contributed by atoms with E-state index in [2.05, 4.69) is 31.9 Å². The van der Waals surface area contributed by atoms with Crippen molar-refractivity contribution < 1.29 is 77.3 Å². The Morgan fingerprint density at radius 2 is 1.08 bits per heavy atom. The smallest absolute Gasteiger partial charge is 0.303 e. The van der Waals surface area contributed by atoms with E-state index >= 15 is 19.2 Å². The fourth-order valence-corrected chi connectivity index (χ4v) is 16.2. The Balaban J connectivity index is 1.15. The number of primary amides is 1. The SMILES string of the molecule is CC(C)C[C@H]1CN(C(=O)CCC2CCCCC2)CC(=O)N[C@@H](Cc2ccccc2)CN(C(=O)Cc2ccc3ccccc3c2)CC(=O)N[C@@H](Cc2ccccc2)CN(CC(=O)NCCC(=O)N[C@@H](CCC(=O)O)CN(CC(N)=O)C(=O)CCC(=O)O)C(=O)CCSCc2ccc(cc2)C(=O)N[C@@H](Cc2ccccc2)CN(C(=O)CCCN)CC(=O)N1. The molecule has 0 saturated heterocycles. The molecule has 30 heteroatoms. The Bertz CT molecular complexity index is 4420. The van der Waals surface area contributed by atoms with Crippen LogP contribution in [0.1, 0.15) is 155 Å². The number of rotatable bonds is 32. The number of hydrogen-bond donors (Lipinski definition) is 10. The summed E-state index contributed by atoms with van der Waals surface area (Å²) in [7, 11) is 0. The van der Waals surface area contributed by atoms with Crippen molar-refractivity contribution in [2.75, 3.05) is 84.3 Å². The van der Waals surface area contributed by atoms with E-state index in [9.17, 15) is 58.2 Å². The molecule has 1 saturated carbocycles. The van der Waals surface area contributed by atoms with E-state index < -0.39 is 166 Å². The number of aliphatic carboxylic acids is 2. The molecule has 1 fully saturated rings. The number of thioether (sulfide) groups is 1. The van der Waals surface area contributed by atoms with Crippen LogP contribution < -0.4 is 43.4 Å². The van der Waals surface area contributed by atoms with E-state index in [0.29, 0.717) is 42.1 Å². The average molecular weight is 1680 g/mol. The number of carboxylic acids is 2. The summed E-state index contributed by atoms with van der Waals surface area (Å²) in [5.41, 5.74) is 15.5. The van der Waals surface area contributed by atoms with Crippen LogP contribution in [0.15, 0.2) is 158 Å². The summed E-state index contributed by atoms with van der Waals surface area (Å²) in [5.74, 6) is -8.60. The quantitative estimate of drug-likeness (QED) is 0.0202. The van der Waals surface area contributed by atoms with Crippen molar-refractivity contribution in [2.24, 2.45) is 23.3 Å². The van der Waals surface area contributed by atoms with Gasteiger partial charge in [-0.1, -0.05) is 192 Å². The van der Waals surface area contributed by atoms with Gasteiger partial charge in [-0.2, -0.15) is 11.8 Å². The predicted octanol–water partition coefficient (Wildman–Crippen LogP) is 6.49. The molecule has 2 heterocycles. The van der Waals surface area contributed by atoms with E-state index in [1.165, 1.54) is 31.4 Å². The molecule has 0 radical (unpaired) electrons. The summed E-state index contributed by atoms with van der Waals surface area (Å²) >= 11 is 1.40. The lowest BCUT2D eigenvalue weighted by atomic mass is 9.86. The predicted molar refractivity (Wildman–Crippen MR) is 461 cm³/mol. The maximum absolute atomic E-state index is 15.4. The van der Waals surface area contributed by atoms with Gasteiger partial charge in [0.25, 0.3) is 5.91 Å². The third kappa shape index (κ3) is 35.4. The molecule has 121 heavy (non-hydrogen) atoms. The van der Waals surface area contributed by atoms with Crippen molar-refractivity contribution in [2.45, 2.75) is 178 Å². The second-order valence-corrected chi connectivity index (χ2v) is 33.1. The van der Waals surface area contributed by atoms with Crippen LogP contribution in [0.5, 0.6) is 0 Å². The van der Waals surface area contributed by atoms with Crippen molar-refractivity contribution in [3.63, 3.8) is 0 Å². The largest absolute Gasteiger partial charge is 0.481 e. The van der Waals surface area contributed by atoms with Crippen LogP contribution in [0.25, 0.3) is 10.8 Å². The molecule has 2 aliphatic heterocycles. The number of hydrogen-bond acceptors (Lipinski definition) is 16. The molecule has 2 bridgehead atoms. The number of amides is 12. The molecule has 0 aromatic heterocycles. The Morgan fingerprint density at radius 3 is 1.64 bits per heavy atom. The van der Waals surface area contributed by atoms with Gasteiger partial charge in [-0.25, -0.2) is 0 Å². The maximum Gasteiger partial charge on any atom is 0.303 e. The zero-order valence-corrected chi connectivity index (χ0v) is 70.3. The number of fused-ring (bicyclic) bond motifs is 30. The van der Waals surface area contributed by atoms with E-state index in [4.69, 9.17) is 11.5 Å². The van der Waals surface area contributed by atoms with Crippen molar-refractivity contribution >= 4 is 105 Å². The van der Waals surface area contributed by atoms with Crippen LogP contribution in [0.3, 0.4) is 0 Å². The molecule has 12 N–H and O–H groups in total. The standard InChI is InChI=1S/C91H119N13O16S/c1-63(2)46-74-53-103(85(112)37-32-64-18-7-3-8-19-64)60-82(109)98-76(49-66-22-11-5-12-23-66)55-104(88(115)51-69-31-33-70-26-15-16-27-72(70)47-69)61-83(110)97-75(48-65-20-9-4-10-21-65)54-101(58-80(107)94-44-41-79(106)95-73(36-39-89(116)117)52-100(57-78(93)105)86(113)38-40-90(118)119)87(114)42-45-121-62-68-29-34-71(35-30-68)91(120)99-77(50-67-24-13-6-14-25-67)56-102(59-81(108)96-74)84(111)28-17-43-92/h4-6,9-16,20-27,29-31,33-35,47,63-64,73-77H,3,7-8,17-19,28,32,36-46,48-62,92H2,1-2H3,(H2,93,105)(H,94,107)(H,95,106)(H,96,108)(H,97,110)(H,98,109)(H,99,120)(H,116,117)(H,118,119)/t73-,74-,75-,76-,77-/m0/s1. The molecular formula is C91H119N13O16S. The lowest BCUT2D eigenvalue weighted by Gasteiger charge is -2.33. The summed E-state index contributed by atoms with van der Waals surface area (Å²) < 4.78 is 0. The summed E-state index contributed by atoms with van der Waals surface area (Å²) in [5, 5.41) is 38.6. The second-order valence-electron chi connectivity index (χ2n) is 32.0. The van der Waals surface area contributed by atoms with Gasteiger partial charge in [-0.15, -0.1) is 0 Å². The second kappa shape index (κ2) is 50.5. The topological polar surface area (TPSA) is 420 Å². The van der Waals surface area contributed by atoms with Crippen molar-refractivity contribution in [1.29, 1.82) is 0 Å². The summed E-state index contributed by atoms with van der Waals surface area (Å²) in [6.07, 6.45) is 4.67. The molecule has 3 aliphatic rings. The van der Waals surface area contributed by atoms with Crippen LogP contribution in [-0.4, -0.2) is 232 Å². The lowest BCUT2D eigenvalue weighted by Crippen LogP contribution is -2.55. The van der Waals surface area contributed by atoms with Crippen LogP contribution >= 0.6 is 11.8 Å². The maximum atomic E-state index is 15.4. The van der Waals surface area contributed by atoms with Gasteiger partial charge >= 0.3 is 11.9 Å². The number of nitrogens with two attached hydrogens (primary N) is 2. The molecule has 0 unspecified atom stereocenters. The number of benzene rings is 6. The fourth-order valence-electron chi connectivity index (χ4n) is 15.3. The van der Waals surface area contributed by atoms with Crippen LogP contribution in [0, 0.1) is 11.8 Å². The minimum atomic E-state index is -1.28. The molecule has 6 aromatic carbocycles. The van der Waals surface area contributed by atoms with Crippen molar-refractivity contribution in [3.05, 3.63) is 191 Å². The normalized spacial score (nSPS) is 17.8. The van der Waals surface area contributed by atoms with Crippen LogP contribution in [0.4, 0.5) is 0 Å². The van der Waals surface area contributed by atoms with E-state index in [1.54, 1.807) is 24.3 Å². The number of carboxylic acid groups (broad SMARTS) is 2. The first kappa shape index (κ1) is 94.9. The third-order valence-corrected chi connectivity index (χ3v) is 22.3.